The number of aryl methyl sites for hydroxylation is 1. The average Bonchev–Trinajstić information content (AvgIpc) is 3.04. The molecule has 5 heteroatoms. The van der Waals surface area contributed by atoms with Crippen LogP contribution in [0.2, 0.25) is 0 Å². The lowest BCUT2D eigenvalue weighted by molar-refractivity contribution is 0.0518. The number of piperidine rings is 1. The van der Waals surface area contributed by atoms with Crippen molar-refractivity contribution in [3.8, 4) is 10.6 Å². The van der Waals surface area contributed by atoms with Gasteiger partial charge in [-0.25, -0.2) is 4.98 Å². The van der Waals surface area contributed by atoms with Crippen LogP contribution in [0.25, 0.3) is 10.6 Å². The van der Waals surface area contributed by atoms with Crippen LogP contribution in [0.3, 0.4) is 0 Å². The lowest BCUT2D eigenvalue weighted by atomic mass is 9.92. The van der Waals surface area contributed by atoms with Crippen molar-refractivity contribution in [3.63, 3.8) is 0 Å². The number of carbonyl (C=O) groups is 1. The van der Waals surface area contributed by atoms with Crippen molar-refractivity contribution in [3.05, 3.63) is 40.9 Å². The van der Waals surface area contributed by atoms with Crippen LogP contribution >= 0.6 is 11.3 Å². The number of hydrogen-bond acceptors (Lipinski definition) is 4. The monoisotopic (exact) mass is 330 g/mol. The molecule has 1 atom stereocenters. The van der Waals surface area contributed by atoms with E-state index in [1.165, 1.54) is 16.9 Å². The third-order valence-electron chi connectivity index (χ3n) is 4.61. The van der Waals surface area contributed by atoms with Gasteiger partial charge in [-0.3, -0.25) is 4.79 Å². The minimum atomic E-state index is -0.292. The Kier molecular flexibility index (Phi) is 4.78. The molecule has 0 spiro atoms. The van der Waals surface area contributed by atoms with E-state index < -0.39 is 0 Å². The van der Waals surface area contributed by atoms with Crippen molar-refractivity contribution in [2.45, 2.75) is 32.8 Å². The van der Waals surface area contributed by atoms with Gasteiger partial charge in [-0.1, -0.05) is 24.3 Å². The van der Waals surface area contributed by atoms with E-state index in [0.29, 0.717) is 24.7 Å². The fourth-order valence-corrected chi connectivity index (χ4v) is 3.94. The largest absolute Gasteiger partial charge is 0.393 e. The first kappa shape index (κ1) is 16.1. The van der Waals surface area contributed by atoms with Crippen LogP contribution < -0.4 is 0 Å². The van der Waals surface area contributed by atoms with Gasteiger partial charge in [-0.2, -0.15) is 0 Å². The van der Waals surface area contributed by atoms with Crippen LogP contribution in [-0.4, -0.2) is 40.1 Å². The first-order valence-electron chi connectivity index (χ1n) is 8.05. The van der Waals surface area contributed by atoms with E-state index in [9.17, 15) is 9.90 Å². The van der Waals surface area contributed by atoms with Gasteiger partial charge in [-0.05, 0) is 38.2 Å². The third kappa shape index (κ3) is 3.46. The van der Waals surface area contributed by atoms with Gasteiger partial charge in [0.25, 0.3) is 5.91 Å². The Morgan fingerprint density at radius 3 is 2.70 bits per heavy atom. The highest BCUT2D eigenvalue weighted by Gasteiger charge is 2.27. The van der Waals surface area contributed by atoms with Crippen LogP contribution in [0.4, 0.5) is 0 Å². The van der Waals surface area contributed by atoms with Crippen LogP contribution in [0.15, 0.2) is 29.6 Å². The van der Waals surface area contributed by atoms with E-state index in [1.54, 1.807) is 0 Å². The Balaban J connectivity index is 1.71. The summed E-state index contributed by atoms with van der Waals surface area (Å²) in [5.41, 5.74) is 2.78. The van der Waals surface area contributed by atoms with E-state index in [-0.39, 0.29) is 12.0 Å². The summed E-state index contributed by atoms with van der Waals surface area (Å²) in [6.45, 7) is 5.29. The summed E-state index contributed by atoms with van der Waals surface area (Å²) in [7, 11) is 0. The summed E-state index contributed by atoms with van der Waals surface area (Å²) in [5, 5.41) is 12.4. The van der Waals surface area contributed by atoms with E-state index >= 15 is 0 Å². The highest BCUT2D eigenvalue weighted by molar-refractivity contribution is 7.13. The topological polar surface area (TPSA) is 53.4 Å². The zero-order valence-corrected chi connectivity index (χ0v) is 14.3. The van der Waals surface area contributed by atoms with Crippen molar-refractivity contribution < 1.29 is 9.90 Å². The fourth-order valence-electron chi connectivity index (χ4n) is 3.06. The number of aliphatic hydroxyl groups is 1. The number of amides is 1. The molecule has 1 N–H and O–H groups in total. The molecule has 1 saturated heterocycles. The second kappa shape index (κ2) is 6.81. The van der Waals surface area contributed by atoms with Crippen molar-refractivity contribution in [1.82, 2.24) is 9.88 Å². The molecule has 2 aromatic rings. The zero-order chi connectivity index (χ0) is 16.4. The minimum Gasteiger partial charge on any atom is -0.393 e. The molecule has 1 unspecified atom stereocenters. The van der Waals surface area contributed by atoms with Gasteiger partial charge in [0.05, 0.1) is 6.10 Å². The molecule has 122 valence electrons. The lowest BCUT2D eigenvalue weighted by Crippen LogP contribution is -2.40. The highest BCUT2D eigenvalue weighted by Crippen LogP contribution is 2.28. The fraction of sp³-hybridized carbons (Fsp3) is 0.444. The molecule has 1 fully saturated rings. The smallest absolute Gasteiger partial charge is 0.273 e. The summed E-state index contributed by atoms with van der Waals surface area (Å²) in [5.74, 6) is 0.308. The summed E-state index contributed by atoms with van der Waals surface area (Å²) in [6.07, 6.45) is 1.43. The molecule has 0 radical (unpaired) electrons. The molecule has 0 saturated carbocycles. The molecule has 1 aromatic heterocycles. The van der Waals surface area contributed by atoms with Crippen LogP contribution in [0, 0.1) is 12.8 Å². The maximum Gasteiger partial charge on any atom is 0.273 e. The summed E-state index contributed by atoms with van der Waals surface area (Å²) in [4.78, 5) is 19.0. The van der Waals surface area contributed by atoms with Crippen LogP contribution in [0.1, 0.15) is 35.8 Å². The van der Waals surface area contributed by atoms with Gasteiger partial charge in [0.1, 0.15) is 10.7 Å². The van der Waals surface area contributed by atoms with Crippen molar-refractivity contribution in [1.29, 1.82) is 0 Å². The Bertz CT molecular complexity index is 688. The summed E-state index contributed by atoms with van der Waals surface area (Å²) < 4.78 is 0. The lowest BCUT2D eigenvalue weighted by Gasteiger charge is -2.32. The predicted molar refractivity (Wildman–Crippen MR) is 92.6 cm³/mol. The Morgan fingerprint density at radius 1 is 1.35 bits per heavy atom. The second-order valence-corrected chi connectivity index (χ2v) is 7.08. The van der Waals surface area contributed by atoms with Gasteiger partial charge in [0.15, 0.2) is 0 Å². The molecule has 1 aliphatic heterocycles. The van der Waals surface area contributed by atoms with E-state index in [2.05, 4.69) is 18.0 Å². The standard InChI is InChI=1S/C18H22N2O2S/c1-12-5-3-4-6-15(12)17-19-16(11-23-17)18(22)20-9-7-14(8-10-20)13(2)21/h3-6,11,13-14,21H,7-10H2,1-2H3. The SMILES string of the molecule is Cc1ccccc1-c1nc(C(=O)N2CCC(C(C)O)CC2)cs1. The number of carbonyl (C=O) groups excluding carboxylic acids is 1. The maximum absolute atomic E-state index is 12.6. The van der Waals surface area contributed by atoms with Crippen molar-refractivity contribution in [2.75, 3.05) is 13.1 Å². The van der Waals surface area contributed by atoms with Crippen molar-refractivity contribution in [2.24, 2.45) is 5.92 Å². The Labute approximate surface area is 140 Å². The van der Waals surface area contributed by atoms with Crippen LogP contribution in [0.5, 0.6) is 0 Å². The Morgan fingerprint density at radius 2 is 2.04 bits per heavy atom. The number of thiazole rings is 1. The maximum atomic E-state index is 12.6. The Hall–Kier alpha value is -1.72. The normalized spacial score (nSPS) is 17.3. The van der Waals surface area contributed by atoms with Gasteiger partial charge in [-0.15, -0.1) is 11.3 Å². The number of likely N-dealkylation sites (tertiary alicyclic amines) is 1. The van der Waals surface area contributed by atoms with Crippen molar-refractivity contribution >= 4 is 17.2 Å². The number of aromatic nitrogens is 1. The van der Waals surface area contributed by atoms with Gasteiger partial charge >= 0.3 is 0 Å². The minimum absolute atomic E-state index is 0.00475. The molecule has 4 nitrogen and oxygen atoms in total. The predicted octanol–water partition coefficient (Wildman–Crippen LogP) is 3.35. The molecule has 1 aliphatic rings. The quantitative estimate of drug-likeness (QED) is 0.939. The molecule has 2 heterocycles. The summed E-state index contributed by atoms with van der Waals surface area (Å²) in [6, 6.07) is 8.09. The number of rotatable bonds is 3. The van der Waals surface area contributed by atoms with E-state index in [1.807, 2.05) is 35.4 Å². The summed E-state index contributed by atoms with van der Waals surface area (Å²) >= 11 is 1.52. The number of hydrogen-bond donors (Lipinski definition) is 1. The molecule has 0 bridgehead atoms. The average molecular weight is 330 g/mol. The number of aliphatic hydroxyl groups excluding tert-OH is 1. The molecule has 1 aromatic carbocycles. The first-order valence-corrected chi connectivity index (χ1v) is 8.93. The molecular formula is C18H22N2O2S. The molecule has 3 rings (SSSR count). The second-order valence-electron chi connectivity index (χ2n) is 6.22. The molecular weight excluding hydrogens is 308 g/mol. The van der Waals surface area contributed by atoms with Gasteiger partial charge in [0, 0.05) is 24.0 Å². The first-order chi connectivity index (χ1) is 11.1. The highest BCUT2D eigenvalue weighted by atomic mass is 32.1. The zero-order valence-electron chi connectivity index (χ0n) is 13.5. The third-order valence-corrected chi connectivity index (χ3v) is 5.48. The van der Waals surface area contributed by atoms with Crippen LogP contribution in [-0.2, 0) is 0 Å². The number of benzene rings is 1. The van der Waals surface area contributed by atoms with Gasteiger partial charge < -0.3 is 10.0 Å². The van der Waals surface area contributed by atoms with E-state index in [0.717, 1.165) is 23.4 Å². The van der Waals surface area contributed by atoms with E-state index in [4.69, 9.17) is 0 Å². The molecule has 23 heavy (non-hydrogen) atoms. The molecule has 1 amide bonds. The number of nitrogens with zero attached hydrogens (tertiary/aromatic N) is 2. The van der Waals surface area contributed by atoms with Gasteiger partial charge in [0.2, 0.25) is 0 Å². The molecule has 0 aliphatic carbocycles.